The molecular weight excluding hydrogens is 318 g/mol. The Labute approximate surface area is 147 Å². The van der Waals surface area contributed by atoms with Gasteiger partial charge in [-0.05, 0) is 36.8 Å². The summed E-state index contributed by atoms with van der Waals surface area (Å²) < 4.78 is 5.54. The fourth-order valence-corrected chi connectivity index (χ4v) is 2.13. The summed E-state index contributed by atoms with van der Waals surface area (Å²) in [6, 6.07) is 14.6. The Balaban J connectivity index is 1.65. The first-order valence-corrected chi connectivity index (χ1v) is 8.10. The Hall–Kier alpha value is -3.02. The van der Waals surface area contributed by atoms with Crippen molar-refractivity contribution in [3.8, 4) is 5.75 Å². The Bertz CT molecular complexity index is 697. The molecule has 0 aromatic heterocycles. The van der Waals surface area contributed by atoms with Crippen LogP contribution < -0.4 is 20.7 Å². The van der Waals surface area contributed by atoms with Gasteiger partial charge in [0.15, 0.2) is 0 Å². The van der Waals surface area contributed by atoms with Crippen LogP contribution in [0.3, 0.4) is 0 Å². The summed E-state index contributed by atoms with van der Waals surface area (Å²) in [4.78, 5) is 23.2. The lowest BCUT2D eigenvalue weighted by molar-refractivity contribution is 0.0963. The van der Waals surface area contributed by atoms with Gasteiger partial charge in [0, 0.05) is 19.2 Å². The molecule has 3 amide bonds. The highest BCUT2D eigenvalue weighted by Crippen LogP contribution is 2.10. The van der Waals surface area contributed by atoms with Gasteiger partial charge in [0.25, 0.3) is 5.91 Å². The number of carbonyl (C=O) groups is 2. The van der Waals surface area contributed by atoms with Crippen molar-refractivity contribution in [3.63, 3.8) is 0 Å². The second-order valence-electron chi connectivity index (χ2n) is 5.55. The Morgan fingerprint density at radius 1 is 0.960 bits per heavy atom. The highest BCUT2D eigenvalue weighted by atomic mass is 16.5. The van der Waals surface area contributed by atoms with Crippen molar-refractivity contribution in [3.05, 3.63) is 65.2 Å². The molecule has 0 aliphatic rings. The third kappa shape index (κ3) is 6.18. The maximum Gasteiger partial charge on any atom is 0.315 e. The lowest BCUT2D eigenvalue weighted by Gasteiger charge is -2.09. The van der Waals surface area contributed by atoms with E-state index in [2.05, 4.69) is 16.0 Å². The van der Waals surface area contributed by atoms with Gasteiger partial charge < -0.3 is 20.7 Å². The second-order valence-corrected chi connectivity index (χ2v) is 5.55. The van der Waals surface area contributed by atoms with Crippen LogP contribution in [-0.2, 0) is 6.54 Å². The summed E-state index contributed by atoms with van der Waals surface area (Å²) in [5.74, 6) is 0.648. The topological polar surface area (TPSA) is 79.5 Å². The van der Waals surface area contributed by atoms with Gasteiger partial charge in [-0.3, -0.25) is 4.79 Å². The predicted molar refractivity (Wildman–Crippen MR) is 96.7 cm³/mol. The van der Waals surface area contributed by atoms with Crippen LogP contribution >= 0.6 is 0 Å². The molecule has 0 saturated heterocycles. The second kappa shape index (κ2) is 9.32. The zero-order valence-electron chi connectivity index (χ0n) is 14.5. The number of ether oxygens (including phenoxy) is 1. The molecule has 0 aliphatic carbocycles. The van der Waals surface area contributed by atoms with E-state index in [0.29, 0.717) is 25.3 Å². The minimum atomic E-state index is -0.261. The van der Waals surface area contributed by atoms with E-state index in [0.717, 1.165) is 11.3 Å². The zero-order valence-corrected chi connectivity index (χ0v) is 14.5. The van der Waals surface area contributed by atoms with Crippen molar-refractivity contribution in [2.75, 3.05) is 20.2 Å². The number of benzene rings is 2. The first-order valence-electron chi connectivity index (χ1n) is 8.10. The van der Waals surface area contributed by atoms with Gasteiger partial charge in [0.05, 0.1) is 6.54 Å². The Morgan fingerprint density at radius 2 is 1.64 bits per heavy atom. The van der Waals surface area contributed by atoms with Crippen molar-refractivity contribution in [2.45, 2.75) is 13.5 Å². The van der Waals surface area contributed by atoms with Crippen molar-refractivity contribution >= 4 is 11.9 Å². The molecule has 6 nitrogen and oxygen atoms in total. The summed E-state index contributed by atoms with van der Waals surface area (Å²) in [6.07, 6.45) is 0. The van der Waals surface area contributed by atoms with E-state index in [1.165, 1.54) is 5.56 Å². The fourth-order valence-electron chi connectivity index (χ4n) is 2.13. The number of amides is 3. The van der Waals surface area contributed by atoms with Crippen LogP contribution in [0, 0.1) is 6.92 Å². The minimum Gasteiger partial charge on any atom is -0.492 e. The molecule has 25 heavy (non-hydrogen) atoms. The monoisotopic (exact) mass is 341 g/mol. The van der Waals surface area contributed by atoms with E-state index in [1.807, 2.05) is 43.3 Å². The van der Waals surface area contributed by atoms with E-state index in [1.54, 1.807) is 19.2 Å². The van der Waals surface area contributed by atoms with E-state index >= 15 is 0 Å². The molecule has 2 rings (SSSR count). The smallest absolute Gasteiger partial charge is 0.315 e. The van der Waals surface area contributed by atoms with Gasteiger partial charge in [0.2, 0.25) is 0 Å². The first-order chi connectivity index (χ1) is 12.1. The Morgan fingerprint density at radius 3 is 2.28 bits per heavy atom. The highest BCUT2D eigenvalue weighted by molar-refractivity contribution is 5.93. The van der Waals surface area contributed by atoms with E-state index < -0.39 is 0 Å². The largest absolute Gasteiger partial charge is 0.492 e. The maximum atomic E-state index is 11.8. The molecule has 0 saturated carbocycles. The molecule has 6 heteroatoms. The van der Waals surface area contributed by atoms with Crippen molar-refractivity contribution in [1.29, 1.82) is 0 Å². The van der Waals surface area contributed by atoms with Gasteiger partial charge in [-0.15, -0.1) is 0 Å². The molecule has 3 N–H and O–H groups in total. The van der Waals surface area contributed by atoms with E-state index in [4.69, 9.17) is 4.74 Å². The van der Waals surface area contributed by atoms with Gasteiger partial charge in [-0.25, -0.2) is 4.79 Å². The fraction of sp³-hybridized carbons (Fsp3) is 0.263. The van der Waals surface area contributed by atoms with Gasteiger partial charge in [-0.1, -0.05) is 29.8 Å². The number of hydrogen-bond donors (Lipinski definition) is 3. The standard InChI is InChI=1S/C19H23N3O3/c1-14-3-9-17(10-4-14)25-12-11-21-19(24)22-13-15-5-7-16(8-6-15)18(23)20-2/h3-10H,11-13H2,1-2H3,(H,20,23)(H2,21,22,24). The van der Waals surface area contributed by atoms with Crippen LogP contribution in [-0.4, -0.2) is 32.1 Å². The lowest BCUT2D eigenvalue weighted by Crippen LogP contribution is -2.37. The van der Waals surface area contributed by atoms with Crippen molar-refractivity contribution in [1.82, 2.24) is 16.0 Å². The van der Waals surface area contributed by atoms with Crippen molar-refractivity contribution < 1.29 is 14.3 Å². The van der Waals surface area contributed by atoms with Gasteiger partial charge in [0.1, 0.15) is 12.4 Å². The molecule has 2 aromatic rings. The molecule has 0 bridgehead atoms. The molecule has 0 heterocycles. The summed E-state index contributed by atoms with van der Waals surface area (Å²) >= 11 is 0. The summed E-state index contributed by atoms with van der Waals surface area (Å²) in [5, 5.41) is 8.06. The Kier molecular flexibility index (Phi) is 6.83. The third-order valence-electron chi connectivity index (χ3n) is 3.57. The van der Waals surface area contributed by atoms with Crippen LogP contribution in [0.4, 0.5) is 4.79 Å². The predicted octanol–water partition coefficient (Wildman–Crippen LogP) is 2.23. The molecule has 0 atom stereocenters. The number of carbonyl (C=O) groups excluding carboxylic acids is 2. The van der Waals surface area contributed by atoms with Crippen LogP contribution in [0.5, 0.6) is 5.75 Å². The van der Waals surface area contributed by atoms with Gasteiger partial charge in [-0.2, -0.15) is 0 Å². The van der Waals surface area contributed by atoms with Crippen LogP contribution in [0.25, 0.3) is 0 Å². The normalized spacial score (nSPS) is 10.0. The number of rotatable bonds is 7. The summed E-state index contributed by atoms with van der Waals surface area (Å²) in [6.45, 7) is 3.22. The molecule has 0 fully saturated rings. The van der Waals surface area contributed by atoms with E-state index in [9.17, 15) is 9.59 Å². The molecule has 0 radical (unpaired) electrons. The average Bonchev–Trinajstić information content (AvgIpc) is 2.64. The minimum absolute atomic E-state index is 0.133. The third-order valence-corrected chi connectivity index (χ3v) is 3.57. The number of nitrogens with one attached hydrogen (secondary N) is 3. The molecule has 0 unspecified atom stereocenters. The lowest BCUT2D eigenvalue weighted by atomic mass is 10.1. The van der Waals surface area contributed by atoms with Crippen LogP contribution in [0.1, 0.15) is 21.5 Å². The molecule has 132 valence electrons. The zero-order chi connectivity index (χ0) is 18.1. The number of aryl methyl sites for hydroxylation is 1. The first kappa shape index (κ1) is 18.3. The van der Waals surface area contributed by atoms with E-state index in [-0.39, 0.29) is 11.9 Å². The van der Waals surface area contributed by atoms with Crippen LogP contribution in [0.15, 0.2) is 48.5 Å². The summed E-state index contributed by atoms with van der Waals surface area (Å²) in [7, 11) is 1.59. The van der Waals surface area contributed by atoms with Crippen LogP contribution in [0.2, 0.25) is 0 Å². The number of urea groups is 1. The highest BCUT2D eigenvalue weighted by Gasteiger charge is 2.04. The maximum absolute atomic E-state index is 11.8. The molecule has 2 aromatic carbocycles. The molecule has 0 spiro atoms. The summed E-state index contributed by atoms with van der Waals surface area (Å²) in [5.41, 5.74) is 2.68. The molecular formula is C19H23N3O3. The molecule has 0 aliphatic heterocycles. The van der Waals surface area contributed by atoms with Gasteiger partial charge >= 0.3 is 6.03 Å². The average molecular weight is 341 g/mol. The SMILES string of the molecule is CNC(=O)c1ccc(CNC(=O)NCCOc2ccc(C)cc2)cc1. The quantitative estimate of drug-likeness (QED) is 0.676. The number of hydrogen-bond acceptors (Lipinski definition) is 3. The van der Waals surface area contributed by atoms with Crippen molar-refractivity contribution in [2.24, 2.45) is 0 Å².